The predicted octanol–water partition coefficient (Wildman–Crippen LogP) is 3.89. The number of thioether (sulfide) groups is 1. The van der Waals surface area contributed by atoms with Crippen molar-refractivity contribution in [2.24, 2.45) is 0 Å². The normalized spacial score (nSPS) is 11.5. The summed E-state index contributed by atoms with van der Waals surface area (Å²) in [5, 5.41) is 13.3. The van der Waals surface area contributed by atoms with Gasteiger partial charge in [0.15, 0.2) is 4.34 Å². The molecule has 0 unspecified atom stereocenters. The molecule has 136 valence electrons. The van der Waals surface area contributed by atoms with Crippen LogP contribution in [0.25, 0.3) is 0 Å². The summed E-state index contributed by atoms with van der Waals surface area (Å²) >= 11 is 8.64. The minimum Gasteiger partial charge on any atom is -0.466 e. The van der Waals surface area contributed by atoms with Crippen LogP contribution >= 0.6 is 34.7 Å². The molecule has 0 aliphatic rings. The minimum atomic E-state index is -0.397. The third-order valence-corrected chi connectivity index (χ3v) is 5.60. The van der Waals surface area contributed by atoms with E-state index in [0.29, 0.717) is 27.9 Å². The summed E-state index contributed by atoms with van der Waals surface area (Å²) in [6.07, 6.45) is 0.120. The summed E-state index contributed by atoms with van der Waals surface area (Å²) < 4.78 is 5.59. The Hall–Kier alpha value is -2.08. The summed E-state index contributed by atoms with van der Waals surface area (Å²) in [5.41, 5.74) is 1.50. The summed E-state index contributed by atoms with van der Waals surface area (Å²) in [5.74, 6) is -0.532. The molecule has 9 heteroatoms. The average molecular weight is 410 g/mol. The van der Waals surface area contributed by atoms with Crippen molar-refractivity contribution in [1.82, 2.24) is 4.98 Å². The lowest BCUT2D eigenvalue weighted by molar-refractivity contribution is -0.142. The van der Waals surface area contributed by atoms with Crippen LogP contribution < -0.4 is 5.32 Å². The molecule has 0 saturated carbocycles. The minimum absolute atomic E-state index is 0.120. The molecule has 26 heavy (non-hydrogen) atoms. The lowest BCUT2D eigenvalue weighted by atomic mass is 10.2. The van der Waals surface area contributed by atoms with E-state index in [1.807, 2.05) is 6.07 Å². The lowest BCUT2D eigenvalue weighted by Crippen LogP contribution is -2.22. The van der Waals surface area contributed by atoms with Gasteiger partial charge in [0.05, 0.1) is 34.6 Å². The molecule has 0 fully saturated rings. The molecule has 1 aromatic carbocycles. The second kappa shape index (κ2) is 9.57. The Morgan fingerprint density at radius 2 is 2.27 bits per heavy atom. The second-order valence-corrected chi connectivity index (χ2v) is 8.00. The van der Waals surface area contributed by atoms with Crippen molar-refractivity contribution < 1.29 is 14.3 Å². The molecule has 6 nitrogen and oxygen atoms in total. The van der Waals surface area contributed by atoms with E-state index >= 15 is 0 Å². The van der Waals surface area contributed by atoms with E-state index < -0.39 is 5.25 Å². The largest absolute Gasteiger partial charge is 0.466 e. The van der Waals surface area contributed by atoms with Crippen molar-refractivity contribution in [3.8, 4) is 6.07 Å². The number of esters is 1. The summed E-state index contributed by atoms with van der Waals surface area (Å²) in [6.45, 7) is 3.85. The zero-order valence-corrected chi connectivity index (χ0v) is 16.5. The highest BCUT2D eigenvalue weighted by Crippen LogP contribution is 2.28. The van der Waals surface area contributed by atoms with Crippen LogP contribution in [0.4, 0.5) is 5.69 Å². The molecule has 1 N–H and O–H groups in total. The Morgan fingerprint density at radius 3 is 2.92 bits per heavy atom. The van der Waals surface area contributed by atoms with Gasteiger partial charge < -0.3 is 10.1 Å². The quantitative estimate of drug-likeness (QED) is 0.550. The number of benzene rings is 1. The van der Waals surface area contributed by atoms with E-state index in [-0.39, 0.29) is 23.3 Å². The number of anilines is 1. The lowest BCUT2D eigenvalue weighted by Gasteiger charge is -2.11. The number of aromatic nitrogens is 1. The zero-order chi connectivity index (χ0) is 19.1. The molecule has 0 saturated heterocycles. The SMILES string of the molecule is CCOC(=O)Cc1csc(S[C@@H](C)C(=O)Nc2ccc(C#N)c(Cl)c2)n1. The van der Waals surface area contributed by atoms with Crippen LogP contribution in [-0.2, 0) is 20.7 Å². The van der Waals surface area contributed by atoms with E-state index in [1.54, 1.807) is 31.4 Å². The molecule has 0 bridgehead atoms. The third kappa shape index (κ3) is 5.73. The highest BCUT2D eigenvalue weighted by atomic mass is 35.5. The van der Waals surface area contributed by atoms with E-state index in [2.05, 4.69) is 10.3 Å². The maximum Gasteiger partial charge on any atom is 0.311 e. The predicted molar refractivity (Wildman–Crippen MR) is 103 cm³/mol. The first-order valence-corrected chi connectivity index (χ1v) is 9.83. The number of nitrogens with one attached hydrogen (secondary N) is 1. The highest BCUT2D eigenvalue weighted by Gasteiger charge is 2.18. The van der Waals surface area contributed by atoms with Crippen LogP contribution in [0.15, 0.2) is 27.9 Å². The van der Waals surface area contributed by atoms with E-state index in [1.165, 1.54) is 29.2 Å². The summed E-state index contributed by atoms with van der Waals surface area (Å²) in [7, 11) is 0. The number of carbonyl (C=O) groups is 2. The smallest absolute Gasteiger partial charge is 0.311 e. The fourth-order valence-electron chi connectivity index (χ4n) is 1.92. The fourth-order valence-corrected chi connectivity index (χ4v) is 4.12. The summed E-state index contributed by atoms with van der Waals surface area (Å²) in [6, 6.07) is 6.68. The molecule has 1 atom stereocenters. The molecule has 2 rings (SSSR count). The fraction of sp³-hybridized carbons (Fsp3) is 0.294. The monoisotopic (exact) mass is 409 g/mol. The first-order chi connectivity index (χ1) is 12.4. The van der Waals surface area contributed by atoms with Gasteiger partial charge in [-0.15, -0.1) is 11.3 Å². The van der Waals surface area contributed by atoms with Gasteiger partial charge in [0.25, 0.3) is 0 Å². The van der Waals surface area contributed by atoms with Gasteiger partial charge >= 0.3 is 5.97 Å². The van der Waals surface area contributed by atoms with E-state index in [9.17, 15) is 9.59 Å². The maximum absolute atomic E-state index is 12.3. The first kappa shape index (κ1) is 20.2. The third-order valence-electron chi connectivity index (χ3n) is 3.17. The van der Waals surface area contributed by atoms with Crippen LogP contribution in [0.3, 0.4) is 0 Å². The van der Waals surface area contributed by atoms with Crippen LogP contribution in [0.2, 0.25) is 5.02 Å². The van der Waals surface area contributed by atoms with Crippen LogP contribution in [-0.4, -0.2) is 28.7 Å². The van der Waals surface area contributed by atoms with Crippen LogP contribution in [0.1, 0.15) is 25.1 Å². The van der Waals surface area contributed by atoms with Gasteiger partial charge in [0.1, 0.15) is 6.07 Å². The Balaban J connectivity index is 1.93. The number of carbonyl (C=O) groups excluding carboxylic acids is 2. The standard InChI is InChI=1S/C17H16ClN3O3S2/c1-3-24-15(22)7-13-9-25-17(21-13)26-10(2)16(23)20-12-5-4-11(8-19)14(18)6-12/h4-6,9-10H,3,7H2,1-2H3,(H,20,23)/t10-/m0/s1. The number of ether oxygens (including phenoxy) is 1. The van der Waals surface area contributed by atoms with Gasteiger partial charge in [-0.2, -0.15) is 5.26 Å². The molecule has 0 aliphatic heterocycles. The Kier molecular flexibility index (Phi) is 7.45. The zero-order valence-electron chi connectivity index (χ0n) is 14.1. The van der Waals surface area contributed by atoms with Gasteiger partial charge in [0.2, 0.25) is 5.91 Å². The molecule has 1 amide bonds. The van der Waals surface area contributed by atoms with Gasteiger partial charge in [0, 0.05) is 11.1 Å². The molecule has 0 spiro atoms. The van der Waals surface area contributed by atoms with Crippen molar-refractivity contribution >= 4 is 52.3 Å². The van der Waals surface area contributed by atoms with E-state index in [4.69, 9.17) is 21.6 Å². The van der Waals surface area contributed by atoms with Crippen LogP contribution in [0.5, 0.6) is 0 Å². The molecule has 1 heterocycles. The Bertz CT molecular complexity index is 848. The van der Waals surface area contributed by atoms with Crippen LogP contribution in [0, 0.1) is 11.3 Å². The molecule has 1 aromatic heterocycles. The number of thiazole rings is 1. The molecular formula is C17H16ClN3O3S2. The van der Waals surface area contributed by atoms with E-state index in [0.717, 1.165) is 0 Å². The second-order valence-electron chi connectivity index (χ2n) is 5.14. The van der Waals surface area contributed by atoms with Crippen molar-refractivity contribution in [2.75, 3.05) is 11.9 Å². The number of amides is 1. The highest BCUT2D eigenvalue weighted by molar-refractivity contribution is 8.02. The van der Waals surface area contributed by atoms with Gasteiger partial charge in [-0.25, -0.2) is 4.98 Å². The number of nitrogens with zero attached hydrogens (tertiary/aromatic N) is 2. The van der Waals surface area contributed by atoms with Crippen molar-refractivity contribution in [1.29, 1.82) is 5.26 Å². The van der Waals surface area contributed by atoms with Crippen molar-refractivity contribution in [3.05, 3.63) is 39.9 Å². The molecule has 0 radical (unpaired) electrons. The number of hydrogen-bond donors (Lipinski definition) is 1. The number of halogens is 1. The summed E-state index contributed by atoms with van der Waals surface area (Å²) in [4.78, 5) is 28.1. The van der Waals surface area contributed by atoms with Gasteiger partial charge in [-0.3, -0.25) is 9.59 Å². The Labute approximate surface area is 164 Å². The number of rotatable bonds is 7. The average Bonchev–Trinajstić information content (AvgIpc) is 3.02. The van der Waals surface area contributed by atoms with Crippen molar-refractivity contribution in [2.45, 2.75) is 29.9 Å². The molecule has 0 aliphatic carbocycles. The van der Waals surface area contributed by atoms with Crippen molar-refractivity contribution in [3.63, 3.8) is 0 Å². The molecular weight excluding hydrogens is 394 g/mol. The van der Waals surface area contributed by atoms with Gasteiger partial charge in [-0.1, -0.05) is 23.4 Å². The Morgan fingerprint density at radius 1 is 1.50 bits per heavy atom. The van der Waals surface area contributed by atoms with Gasteiger partial charge in [-0.05, 0) is 32.0 Å². The maximum atomic E-state index is 12.3. The number of hydrogen-bond acceptors (Lipinski definition) is 7. The first-order valence-electron chi connectivity index (χ1n) is 7.70. The number of nitriles is 1. The topological polar surface area (TPSA) is 92.1 Å². The molecule has 2 aromatic rings.